The van der Waals surface area contributed by atoms with E-state index in [1.807, 2.05) is 25.1 Å². The Hall–Kier alpha value is -1.87. The molecule has 3 heteroatoms. The zero-order valence-corrected chi connectivity index (χ0v) is 11.3. The Morgan fingerprint density at radius 1 is 1.21 bits per heavy atom. The lowest BCUT2D eigenvalue weighted by Gasteiger charge is -2.09. The van der Waals surface area contributed by atoms with Gasteiger partial charge in [-0.15, -0.1) is 0 Å². The van der Waals surface area contributed by atoms with Gasteiger partial charge in [0.25, 0.3) is 0 Å². The average molecular weight is 256 g/mol. The molecule has 0 aliphatic heterocycles. The van der Waals surface area contributed by atoms with E-state index in [9.17, 15) is 0 Å². The lowest BCUT2D eigenvalue weighted by atomic mass is 10.1. The average Bonchev–Trinajstić information content (AvgIpc) is 2.45. The van der Waals surface area contributed by atoms with Crippen LogP contribution < -0.4 is 10.5 Å². The first-order valence-electron chi connectivity index (χ1n) is 6.64. The van der Waals surface area contributed by atoms with Gasteiger partial charge in [-0.1, -0.05) is 30.3 Å². The van der Waals surface area contributed by atoms with Gasteiger partial charge in [0.2, 0.25) is 5.88 Å². The molecule has 1 heterocycles. The minimum Gasteiger partial charge on any atom is -0.478 e. The lowest BCUT2D eigenvalue weighted by molar-refractivity contribution is 0.299. The van der Waals surface area contributed by atoms with Crippen LogP contribution >= 0.6 is 0 Å². The Kier molecular flexibility index (Phi) is 4.93. The van der Waals surface area contributed by atoms with Gasteiger partial charge < -0.3 is 10.5 Å². The zero-order valence-electron chi connectivity index (χ0n) is 11.3. The number of ether oxygens (including phenoxy) is 1. The molecule has 0 fully saturated rings. The summed E-state index contributed by atoms with van der Waals surface area (Å²) in [6.45, 7) is 2.62. The first kappa shape index (κ1) is 13.6. The van der Waals surface area contributed by atoms with Crippen molar-refractivity contribution >= 4 is 0 Å². The van der Waals surface area contributed by atoms with Gasteiger partial charge in [0.15, 0.2) is 0 Å². The van der Waals surface area contributed by atoms with Crippen LogP contribution in [0.2, 0.25) is 0 Å². The predicted octanol–water partition coefficient (Wildman–Crippen LogP) is 3.11. The first-order valence-corrected chi connectivity index (χ1v) is 6.64. The van der Waals surface area contributed by atoms with E-state index in [-0.39, 0.29) is 6.04 Å². The van der Waals surface area contributed by atoms with Crippen LogP contribution in [-0.4, -0.2) is 11.6 Å². The molecular weight excluding hydrogens is 236 g/mol. The summed E-state index contributed by atoms with van der Waals surface area (Å²) in [5, 5.41) is 0. The van der Waals surface area contributed by atoms with Crippen molar-refractivity contribution in [1.29, 1.82) is 0 Å². The normalized spacial score (nSPS) is 12.1. The van der Waals surface area contributed by atoms with Gasteiger partial charge in [0, 0.05) is 18.3 Å². The van der Waals surface area contributed by atoms with E-state index >= 15 is 0 Å². The summed E-state index contributed by atoms with van der Waals surface area (Å²) < 4.78 is 5.65. The summed E-state index contributed by atoms with van der Waals surface area (Å²) in [7, 11) is 0. The molecule has 1 aromatic heterocycles. The van der Waals surface area contributed by atoms with E-state index in [0.29, 0.717) is 12.5 Å². The Morgan fingerprint density at radius 3 is 2.74 bits per heavy atom. The number of pyridine rings is 1. The van der Waals surface area contributed by atoms with Gasteiger partial charge in [-0.3, -0.25) is 0 Å². The zero-order chi connectivity index (χ0) is 13.5. The van der Waals surface area contributed by atoms with Crippen molar-refractivity contribution in [3.63, 3.8) is 0 Å². The SMILES string of the molecule is CC(N)c1ccnc(OCCCc2ccccc2)c1. The fourth-order valence-electron chi connectivity index (χ4n) is 1.88. The van der Waals surface area contributed by atoms with Crippen LogP contribution in [0.4, 0.5) is 0 Å². The van der Waals surface area contributed by atoms with Crippen LogP contribution in [-0.2, 0) is 6.42 Å². The standard InChI is InChI=1S/C16H20N2O/c1-13(17)15-9-10-18-16(12-15)19-11-5-8-14-6-3-2-4-7-14/h2-4,6-7,9-10,12-13H,5,8,11,17H2,1H3. The quantitative estimate of drug-likeness (QED) is 0.808. The highest BCUT2D eigenvalue weighted by atomic mass is 16.5. The van der Waals surface area contributed by atoms with Crippen molar-refractivity contribution in [2.75, 3.05) is 6.61 Å². The number of aryl methyl sites for hydroxylation is 1. The van der Waals surface area contributed by atoms with Crippen molar-refractivity contribution < 1.29 is 4.74 Å². The van der Waals surface area contributed by atoms with Crippen LogP contribution in [0.5, 0.6) is 5.88 Å². The van der Waals surface area contributed by atoms with Gasteiger partial charge in [-0.25, -0.2) is 4.98 Å². The van der Waals surface area contributed by atoms with E-state index in [1.165, 1.54) is 5.56 Å². The molecule has 0 bridgehead atoms. The molecule has 2 N–H and O–H groups in total. The molecule has 0 saturated heterocycles. The minimum absolute atomic E-state index is 0.00895. The topological polar surface area (TPSA) is 48.1 Å². The molecule has 2 aromatic rings. The highest BCUT2D eigenvalue weighted by Gasteiger charge is 2.02. The number of nitrogens with zero attached hydrogens (tertiary/aromatic N) is 1. The van der Waals surface area contributed by atoms with Crippen molar-refractivity contribution in [3.05, 3.63) is 59.8 Å². The second-order valence-electron chi connectivity index (χ2n) is 4.65. The molecule has 0 aliphatic carbocycles. The van der Waals surface area contributed by atoms with Crippen LogP contribution in [0.1, 0.15) is 30.5 Å². The molecule has 1 atom stereocenters. The highest BCUT2D eigenvalue weighted by Crippen LogP contribution is 2.15. The maximum absolute atomic E-state index is 5.83. The smallest absolute Gasteiger partial charge is 0.213 e. The Balaban J connectivity index is 1.78. The van der Waals surface area contributed by atoms with Gasteiger partial charge in [0.05, 0.1) is 6.61 Å². The molecule has 0 radical (unpaired) electrons. The number of aromatic nitrogens is 1. The summed E-state index contributed by atoms with van der Waals surface area (Å²) in [4.78, 5) is 4.19. The molecule has 19 heavy (non-hydrogen) atoms. The monoisotopic (exact) mass is 256 g/mol. The summed E-state index contributed by atoms with van der Waals surface area (Å²) >= 11 is 0. The van der Waals surface area contributed by atoms with E-state index in [4.69, 9.17) is 10.5 Å². The predicted molar refractivity (Wildman–Crippen MR) is 77.1 cm³/mol. The largest absolute Gasteiger partial charge is 0.478 e. The van der Waals surface area contributed by atoms with Crippen molar-refractivity contribution in [2.24, 2.45) is 5.73 Å². The van der Waals surface area contributed by atoms with Crippen LogP contribution in [0.15, 0.2) is 48.7 Å². The molecule has 100 valence electrons. The number of hydrogen-bond donors (Lipinski definition) is 1. The Bertz CT molecular complexity index is 497. The maximum Gasteiger partial charge on any atom is 0.213 e. The van der Waals surface area contributed by atoms with E-state index in [2.05, 4.69) is 29.2 Å². The first-order chi connectivity index (χ1) is 9.25. The van der Waals surface area contributed by atoms with Gasteiger partial charge in [-0.2, -0.15) is 0 Å². The summed E-state index contributed by atoms with van der Waals surface area (Å²) in [5.74, 6) is 0.655. The van der Waals surface area contributed by atoms with Gasteiger partial charge in [-0.05, 0) is 37.0 Å². The second-order valence-corrected chi connectivity index (χ2v) is 4.65. The minimum atomic E-state index is 0.00895. The Labute approximate surface area is 114 Å². The van der Waals surface area contributed by atoms with E-state index < -0.39 is 0 Å². The summed E-state index contributed by atoms with van der Waals surface area (Å²) in [6.07, 6.45) is 3.74. The molecule has 0 spiro atoms. The van der Waals surface area contributed by atoms with Crippen molar-refractivity contribution in [1.82, 2.24) is 4.98 Å². The second kappa shape index (κ2) is 6.90. The maximum atomic E-state index is 5.83. The number of hydrogen-bond acceptors (Lipinski definition) is 3. The van der Waals surface area contributed by atoms with Gasteiger partial charge >= 0.3 is 0 Å². The molecule has 0 saturated carbocycles. The third kappa shape index (κ3) is 4.38. The van der Waals surface area contributed by atoms with Crippen LogP contribution in [0.3, 0.4) is 0 Å². The molecule has 3 nitrogen and oxygen atoms in total. The van der Waals surface area contributed by atoms with Gasteiger partial charge in [0.1, 0.15) is 0 Å². The molecule has 2 rings (SSSR count). The molecular formula is C16H20N2O. The van der Waals surface area contributed by atoms with Crippen molar-refractivity contribution in [2.45, 2.75) is 25.8 Å². The fraction of sp³-hybridized carbons (Fsp3) is 0.312. The fourth-order valence-corrected chi connectivity index (χ4v) is 1.88. The number of nitrogens with two attached hydrogens (primary N) is 1. The molecule has 1 aromatic carbocycles. The van der Waals surface area contributed by atoms with Crippen molar-refractivity contribution in [3.8, 4) is 5.88 Å². The highest BCUT2D eigenvalue weighted by molar-refractivity contribution is 5.22. The van der Waals surface area contributed by atoms with E-state index in [0.717, 1.165) is 18.4 Å². The van der Waals surface area contributed by atoms with E-state index in [1.54, 1.807) is 6.20 Å². The third-order valence-corrected chi connectivity index (χ3v) is 2.99. The third-order valence-electron chi connectivity index (χ3n) is 2.99. The molecule has 0 aliphatic rings. The van der Waals surface area contributed by atoms with Crippen LogP contribution in [0, 0.1) is 0 Å². The lowest BCUT2D eigenvalue weighted by Crippen LogP contribution is -2.06. The number of benzene rings is 1. The summed E-state index contributed by atoms with van der Waals surface area (Å²) in [5.41, 5.74) is 8.22. The number of rotatable bonds is 6. The van der Waals surface area contributed by atoms with Crippen LogP contribution in [0.25, 0.3) is 0 Å². The molecule has 0 amide bonds. The molecule has 1 unspecified atom stereocenters. The summed E-state index contributed by atoms with van der Waals surface area (Å²) in [6, 6.07) is 14.3. The Morgan fingerprint density at radius 2 is 2.00 bits per heavy atom.